The second-order valence-corrected chi connectivity index (χ2v) is 6.27. The molecule has 0 aliphatic carbocycles. The number of nitrogens with zero attached hydrogens (tertiary/aromatic N) is 1. The number of amides is 1. The first-order valence-electron chi connectivity index (χ1n) is 7.86. The summed E-state index contributed by atoms with van der Waals surface area (Å²) in [6, 6.07) is 5.27. The van der Waals surface area contributed by atoms with E-state index in [1.54, 1.807) is 18.2 Å². The van der Waals surface area contributed by atoms with Gasteiger partial charge in [-0.3, -0.25) is 9.69 Å². The lowest BCUT2D eigenvalue weighted by atomic mass is 10.2. The first kappa shape index (κ1) is 18.3. The van der Waals surface area contributed by atoms with Crippen LogP contribution < -0.4 is 5.32 Å². The number of rotatable bonds is 7. The fourth-order valence-corrected chi connectivity index (χ4v) is 2.65. The predicted molar refractivity (Wildman–Crippen MR) is 95.0 cm³/mol. The van der Waals surface area contributed by atoms with E-state index in [1.807, 2.05) is 6.07 Å². The van der Waals surface area contributed by atoms with E-state index in [2.05, 4.69) is 10.2 Å². The SMILES string of the molecule is O=C(/C=C/c1ccc(Cl)c(Cl)c1)NCCCCN1CCOCC1. The van der Waals surface area contributed by atoms with Gasteiger partial charge in [0.25, 0.3) is 0 Å². The van der Waals surface area contributed by atoms with Gasteiger partial charge in [0.1, 0.15) is 0 Å². The lowest BCUT2D eigenvalue weighted by Gasteiger charge is -2.26. The number of nitrogens with one attached hydrogen (secondary N) is 1. The molecule has 1 aromatic rings. The number of ether oxygens (including phenoxy) is 1. The topological polar surface area (TPSA) is 41.6 Å². The Hall–Kier alpha value is -1.07. The van der Waals surface area contributed by atoms with E-state index >= 15 is 0 Å². The Labute approximate surface area is 147 Å². The van der Waals surface area contributed by atoms with Crippen molar-refractivity contribution in [2.75, 3.05) is 39.4 Å². The summed E-state index contributed by atoms with van der Waals surface area (Å²) in [6.07, 6.45) is 5.30. The number of halogens is 2. The molecule has 6 heteroatoms. The third-order valence-electron chi connectivity index (χ3n) is 3.67. The second kappa shape index (κ2) is 9.93. The third kappa shape index (κ3) is 6.92. The van der Waals surface area contributed by atoms with Crippen LogP contribution in [0.25, 0.3) is 6.08 Å². The Morgan fingerprint density at radius 1 is 1.22 bits per heavy atom. The van der Waals surface area contributed by atoms with Crippen LogP contribution in [0.4, 0.5) is 0 Å². The summed E-state index contributed by atoms with van der Waals surface area (Å²) in [5.74, 6) is -0.0950. The van der Waals surface area contributed by atoms with Crippen LogP contribution in [0.1, 0.15) is 18.4 Å². The summed E-state index contributed by atoms with van der Waals surface area (Å²) in [7, 11) is 0. The summed E-state index contributed by atoms with van der Waals surface area (Å²) in [5.41, 5.74) is 0.849. The average molecular weight is 357 g/mol. The Morgan fingerprint density at radius 3 is 2.74 bits per heavy atom. The monoisotopic (exact) mass is 356 g/mol. The molecule has 1 amide bonds. The Balaban J connectivity index is 1.60. The average Bonchev–Trinajstić information content (AvgIpc) is 2.56. The van der Waals surface area contributed by atoms with Crippen LogP contribution in [-0.4, -0.2) is 50.2 Å². The summed E-state index contributed by atoms with van der Waals surface area (Å²) >= 11 is 11.8. The predicted octanol–water partition coefficient (Wildman–Crippen LogP) is 3.24. The molecule has 126 valence electrons. The van der Waals surface area contributed by atoms with E-state index in [-0.39, 0.29) is 5.91 Å². The van der Waals surface area contributed by atoms with Crippen LogP contribution in [0.5, 0.6) is 0 Å². The van der Waals surface area contributed by atoms with E-state index in [0.29, 0.717) is 16.6 Å². The Kier molecular flexibility index (Phi) is 7.89. The molecule has 1 aromatic carbocycles. The second-order valence-electron chi connectivity index (χ2n) is 5.46. The number of hydrogen-bond donors (Lipinski definition) is 1. The molecule has 0 atom stereocenters. The van der Waals surface area contributed by atoms with E-state index in [1.165, 1.54) is 6.08 Å². The normalized spacial score (nSPS) is 15.9. The number of carbonyl (C=O) groups is 1. The molecule has 1 heterocycles. The highest BCUT2D eigenvalue weighted by atomic mass is 35.5. The maximum Gasteiger partial charge on any atom is 0.243 e. The summed E-state index contributed by atoms with van der Waals surface area (Å²) in [6.45, 7) is 5.44. The van der Waals surface area contributed by atoms with Gasteiger partial charge in [0.15, 0.2) is 0 Å². The van der Waals surface area contributed by atoms with Crippen LogP contribution in [0.3, 0.4) is 0 Å². The highest BCUT2D eigenvalue weighted by molar-refractivity contribution is 6.42. The van der Waals surface area contributed by atoms with Crippen molar-refractivity contribution in [3.63, 3.8) is 0 Å². The van der Waals surface area contributed by atoms with Gasteiger partial charge in [-0.2, -0.15) is 0 Å². The molecule has 1 fully saturated rings. The molecule has 4 nitrogen and oxygen atoms in total. The van der Waals surface area contributed by atoms with Gasteiger partial charge in [0, 0.05) is 25.7 Å². The van der Waals surface area contributed by atoms with Crippen LogP contribution in [0.2, 0.25) is 10.0 Å². The standard InChI is InChI=1S/C17H22Cl2N2O2/c18-15-5-3-14(13-16(15)19)4-6-17(22)20-7-1-2-8-21-9-11-23-12-10-21/h3-6,13H,1-2,7-12H2,(H,20,22)/b6-4+. The van der Waals surface area contributed by atoms with Crippen LogP contribution >= 0.6 is 23.2 Å². The summed E-state index contributed by atoms with van der Waals surface area (Å²) in [5, 5.41) is 3.88. The Bertz CT molecular complexity index is 543. The van der Waals surface area contributed by atoms with Crippen molar-refractivity contribution >= 4 is 35.2 Å². The van der Waals surface area contributed by atoms with Crippen molar-refractivity contribution in [3.8, 4) is 0 Å². The highest BCUT2D eigenvalue weighted by Gasteiger charge is 2.08. The first-order chi connectivity index (χ1) is 11.1. The minimum atomic E-state index is -0.0950. The van der Waals surface area contributed by atoms with E-state index in [4.69, 9.17) is 27.9 Å². The van der Waals surface area contributed by atoms with Crippen LogP contribution in [0, 0.1) is 0 Å². The van der Waals surface area contributed by atoms with Crippen molar-refractivity contribution in [2.24, 2.45) is 0 Å². The fraction of sp³-hybridized carbons (Fsp3) is 0.471. The lowest BCUT2D eigenvalue weighted by molar-refractivity contribution is -0.116. The van der Waals surface area contributed by atoms with Crippen molar-refractivity contribution in [2.45, 2.75) is 12.8 Å². The minimum Gasteiger partial charge on any atom is -0.379 e. The van der Waals surface area contributed by atoms with Crippen molar-refractivity contribution < 1.29 is 9.53 Å². The van der Waals surface area contributed by atoms with Gasteiger partial charge >= 0.3 is 0 Å². The molecule has 0 aromatic heterocycles. The van der Waals surface area contributed by atoms with Crippen molar-refractivity contribution in [1.82, 2.24) is 10.2 Å². The van der Waals surface area contributed by atoms with Gasteiger partial charge in [-0.1, -0.05) is 29.3 Å². The molecule has 0 saturated carbocycles. The fourth-order valence-electron chi connectivity index (χ4n) is 2.34. The molecule has 2 rings (SSSR count). The minimum absolute atomic E-state index is 0.0950. The van der Waals surface area contributed by atoms with Gasteiger partial charge in [-0.05, 0) is 43.2 Å². The van der Waals surface area contributed by atoms with Crippen molar-refractivity contribution in [1.29, 1.82) is 0 Å². The molecule has 0 radical (unpaired) electrons. The molecular formula is C17H22Cl2N2O2. The van der Waals surface area contributed by atoms with E-state index in [0.717, 1.165) is 51.3 Å². The summed E-state index contributed by atoms with van der Waals surface area (Å²) in [4.78, 5) is 14.1. The van der Waals surface area contributed by atoms with E-state index in [9.17, 15) is 4.79 Å². The Morgan fingerprint density at radius 2 is 2.00 bits per heavy atom. The largest absolute Gasteiger partial charge is 0.379 e. The zero-order valence-corrected chi connectivity index (χ0v) is 14.6. The highest BCUT2D eigenvalue weighted by Crippen LogP contribution is 2.23. The maximum absolute atomic E-state index is 11.7. The van der Waals surface area contributed by atoms with Gasteiger partial charge in [-0.25, -0.2) is 0 Å². The maximum atomic E-state index is 11.7. The molecule has 0 unspecified atom stereocenters. The van der Waals surface area contributed by atoms with Gasteiger partial charge < -0.3 is 10.1 Å². The lowest BCUT2D eigenvalue weighted by Crippen LogP contribution is -2.37. The smallest absolute Gasteiger partial charge is 0.243 e. The van der Waals surface area contributed by atoms with Gasteiger partial charge in [0.2, 0.25) is 5.91 Å². The molecular weight excluding hydrogens is 335 g/mol. The van der Waals surface area contributed by atoms with E-state index < -0.39 is 0 Å². The van der Waals surface area contributed by atoms with Crippen LogP contribution in [0.15, 0.2) is 24.3 Å². The molecule has 0 spiro atoms. The zero-order chi connectivity index (χ0) is 16.5. The molecule has 1 aliphatic rings. The molecule has 23 heavy (non-hydrogen) atoms. The van der Waals surface area contributed by atoms with Crippen molar-refractivity contribution in [3.05, 3.63) is 39.9 Å². The molecule has 1 aliphatic heterocycles. The van der Waals surface area contributed by atoms with Crippen LogP contribution in [-0.2, 0) is 9.53 Å². The number of carbonyl (C=O) groups excluding carboxylic acids is 1. The zero-order valence-electron chi connectivity index (χ0n) is 13.1. The molecule has 1 N–H and O–H groups in total. The van der Waals surface area contributed by atoms with Gasteiger partial charge in [0.05, 0.1) is 23.3 Å². The molecule has 0 bridgehead atoms. The first-order valence-corrected chi connectivity index (χ1v) is 8.62. The number of unbranched alkanes of at least 4 members (excludes halogenated alkanes) is 1. The third-order valence-corrected chi connectivity index (χ3v) is 4.41. The quantitative estimate of drug-likeness (QED) is 0.602. The van der Waals surface area contributed by atoms with Gasteiger partial charge in [-0.15, -0.1) is 0 Å². The number of hydrogen-bond acceptors (Lipinski definition) is 3. The summed E-state index contributed by atoms with van der Waals surface area (Å²) < 4.78 is 5.31. The number of morpholine rings is 1. The number of benzene rings is 1. The molecule has 1 saturated heterocycles.